The van der Waals surface area contributed by atoms with Crippen LogP contribution in [0.2, 0.25) is 0 Å². The average molecular weight is 749 g/mol. The number of anilines is 1. The largest absolute Gasteiger partial charge is 0.481 e. The van der Waals surface area contributed by atoms with Gasteiger partial charge in [-0.2, -0.15) is 0 Å². The van der Waals surface area contributed by atoms with Gasteiger partial charge < -0.3 is 36.6 Å². The summed E-state index contributed by atoms with van der Waals surface area (Å²) in [6, 6.07) is -0.892. The maximum absolute atomic E-state index is 12.5. The van der Waals surface area contributed by atoms with Crippen molar-refractivity contribution in [1.82, 2.24) is 30.9 Å². The number of urea groups is 1. The van der Waals surface area contributed by atoms with Crippen LogP contribution in [0.15, 0.2) is 18.2 Å². The number of carboxylic acids is 3. The molecular weight excluding hydrogens is 721 g/mol. The van der Waals surface area contributed by atoms with Gasteiger partial charge in [0, 0.05) is 19.0 Å². The molecule has 7 N–H and O–H groups in total. The third kappa shape index (κ3) is 11.8. The predicted octanol–water partition coefficient (Wildman–Crippen LogP) is 0.668. The molecule has 45 heavy (non-hydrogen) atoms. The topological polar surface area (TPSA) is 311 Å². The number of halogens is 1. The summed E-state index contributed by atoms with van der Waals surface area (Å²) in [6.45, 7) is -0.204. The van der Waals surface area contributed by atoms with E-state index in [1.54, 1.807) is 0 Å². The second-order valence-corrected chi connectivity index (χ2v) is 10.3. The third-order valence-corrected chi connectivity index (χ3v) is 6.85. The molecular formula is C23H28IN9O12. The first-order valence-corrected chi connectivity index (χ1v) is 14.0. The minimum atomic E-state index is -1.53. The van der Waals surface area contributed by atoms with Gasteiger partial charge in [-0.05, 0) is 54.3 Å². The number of benzene rings is 1. The van der Waals surface area contributed by atoms with Crippen molar-refractivity contribution in [3.8, 4) is 0 Å². The molecule has 0 aliphatic carbocycles. The molecule has 22 heteroatoms. The normalized spacial score (nSPS) is 11.9. The molecule has 0 unspecified atom stereocenters. The number of carbonyl (C=O) groups is 5. The number of non-ortho nitro benzene ring substituents is 1. The van der Waals surface area contributed by atoms with Gasteiger partial charge in [-0.3, -0.25) is 29.8 Å². The van der Waals surface area contributed by atoms with Gasteiger partial charge in [0.1, 0.15) is 28.0 Å². The third-order valence-electron chi connectivity index (χ3n) is 6.01. The van der Waals surface area contributed by atoms with E-state index in [-0.39, 0.29) is 38.2 Å². The Morgan fingerprint density at radius 1 is 0.956 bits per heavy atom. The molecule has 0 bridgehead atoms. The smallest absolute Gasteiger partial charge is 0.326 e. The molecule has 0 radical (unpaired) electrons. The Kier molecular flexibility index (Phi) is 13.8. The monoisotopic (exact) mass is 749 g/mol. The fourth-order valence-corrected chi connectivity index (χ4v) is 4.32. The molecule has 2 aromatic rings. The number of nitrogens with one attached hydrogen (secondary N) is 4. The lowest BCUT2D eigenvalue weighted by Gasteiger charge is -2.18. The molecule has 0 saturated heterocycles. The number of nitrogens with zero attached hydrogens (tertiary/aromatic N) is 5. The minimum absolute atomic E-state index is 0.00475. The number of nitro groups is 2. The molecule has 0 saturated carbocycles. The lowest BCUT2D eigenvalue weighted by molar-refractivity contribution is -0.393. The second-order valence-electron chi connectivity index (χ2n) is 9.23. The number of aromatic nitrogens is 3. The van der Waals surface area contributed by atoms with Crippen LogP contribution in [0.5, 0.6) is 0 Å². The van der Waals surface area contributed by atoms with Crippen molar-refractivity contribution in [2.24, 2.45) is 0 Å². The van der Waals surface area contributed by atoms with Crippen LogP contribution in [-0.2, 0) is 32.3 Å². The summed E-state index contributed by atoms with van der Waals surface area (Å²) in [5.41, 5.74) is -0.563. The second kappa shape index (κ2) is 17.2. The Bertz CT molecular complexity index is 1450. The van der Waals surface area contributed by atoms with Crippen molar-refractivity contribution in [3.05, 3.63) is 47.8 Å². The lowest BCUT2D eigenvalue weighted by atomic mass is 10.1. The molecule has 2 rings (SSSR count). The van der Waals surface area contributed by atoms with Crippen LogP contribution in [-0.4, -0.2) is 88.6 Å². The molecule has 0 fully saturated rings. The van der Waals surface area contributed by atoms with Crippen molar-refractivity contribution in [2.45, 2.75) is 57.3 Å². The van der Waals surface area contributed by atoms with Crippen molar-refractivity contribution < 1.29 is 49.1 Å². The maximum atomic E-state index is 12.5. The Morgan fingerprint density at radius 3 is 2.18 bits per heavy atom. The Morgan fingerprint density at radius 2 is 1.60 bits per heavy atom. The van der Waals surface area contributed by atoms with Crippen LogP contribution >= 0.6 is 22.6 Å². The molecule has 21 nitrogen and oxygen atoms in total. The fraction of sp³-hybridized carbons (Fsp3) is 0.435. The van der Waals surface area contributed by atoms with Crippen molar-refractivity contribution >= 4 is 69.5 Å². The van der Waals surface area contributed by atoms with Gasteiger partial charge in [-0.25, -0.2) is 19.1 Å². The molecule has 1 heterocycles. The van der Waals surface area contributed by atoms with Crippen molar-refractivity contribution in [3.63, 3.8) is 0 Å². The van der Waals surface area contributed by atoms with Gasteiger partial charge in [0.2, 0.25) is 5.91 Å². The zero-order valence-corrected chi connectivity index (χ0v) is 25.3. The first kappa shape index (κ1) is 36.0. The lowest BCUT2D eigenvalue weighted by Crippen LogP contribution is -2.51. The summed E-state index contributed by atoms with van der Waals surface area (Å²) in [5, 5.41) is 66.9. The van der Waals surface area contributed by atoms with Crippen molar-refractivity contribution in [1.29, 1.82) is 0 Å². The van der Waals surface area contributed by atoms with Crippen molar-refractivity contribution in [2.75, 3.05) is 11.9 Å². The quantitative estimate of drug-likeness (QED) is 0.0449. The SMILES string of the molecule is O=C(O)CC[C@H](NC(=O)N[C@@H](CCCCNC(=O)Cn1nnc(I)c1CNc1ccc([N+](=O)[O-])cc1[N+](=O)[O-])C(=O)O)C(=O)O. The number of carbonyl (C=O) groups excluding carboxylic acids is 2. The van der Waals surface area contributed by atoms with Crippen LogP contribution in [0.1, 0.15) is 37.8 Å². The molecule has 2 atom stereocenters. The van der Waals surface area contributed by atoms with Crippen LogP contribution in [0, 0.1) is 23.9 Å². The summed E-state index contributed by atoms with van der Waals surface area (Å²) in [5.74, 6) is -4.60. The molecule has 244 valence electrons. The Hall–Kier alpha value is -5.16. The van der Waals surface area contributed by atoms with E-state index in [0.717, 1.165) is 12.1 Å². The zero-order chi connectivity index (χ0) is 33.7. The minimum Gasteiger partial charge on any atom is -0.481 e. The first-order chi connectivity index (χ1) is 21.2. The predicted molar refractivity (Wildman–Crippen MR) is 158 cm³/mol. The molecule has 3 amide bonds. The first-order valence-electron chi connectivity index (χ1n) is 12.9. The van der Waals surface area contributed by atoms with Gasteiger partial charge in [0.25, 0.3) is 11.4 Å². The summed E-state index contributed by atoms with van der Waals surface area (Å²) in [4.78, 5) is 78.8. The maximum Gasteiger partial charge on any atom is 0.326 e. The highest BCUT2D eigenvalue weighted by molar-refractivity contribution is 14.1. The standard InChI is InChI=1S/C23H28IN9O12/c24-20-17(10-26-13-5-4-12(32(42)43)9-16(13)33(44)45)31(30-29-20)11-18(34)25-8-2-1-3-14(21(37)38)27-23(41)28-15(22(39)40)6-7-19(35)36/h4-5,9,14-15,26H,1-3,6-8,10-11H2,(H,25,34)(H,35,36)(H,37,38)(H,39,40)(H2,27,28,41)/t14-,15-/m0/s1. The van der Waals surface area contributed by atoms with E-state index in [1.165, 1.54) is 10.7 Å². The van der Waals surface area contributed by atoms with Gasteiger partial charge in [-0.15, -0.1) is 5.10 Å². The van der Waals surface area contributed by atoms with Crippen LogP contribution in [0.3, 0.4) is 0 Å². The number of unbranched alkanes of at least 4 members (excludes halogenated alkanes) is 1. The van der Waals surface area contributed by atoms with E-state index < -0.39 is 76.0 Å². The highest BCUT2D eigenvalue weighted by Crippen LogP contribution is 2.29. The molecule has 0 aliphatic heterocycles. The van der Waals surface area contributed by atoms with E-state index in [0.29, 0.717) is 15.8 Å². The fourth-order valence-electron chi connectivity index (χ4n) is 3.75. The number of amides is 3. The summed E-state index contributed by atoms with van der Waals surface area (Å²) in [6.07, 6.45) is -0.431. The highest BCUT2D eigenvalue weighted by atomic mass is 127. The Balaban J connectivity index is 1.85. The molecule has 1 aromatic carbocycles. The zero-order valence-electron chi connectivity index (χ0n) is 23.2. The number of hydrogen-bond donors (Lipinski definition) is 7. The van der Waals surface area contributed by atoms with Gasteiger partial charge in [0.15, 0.2) is 0 Å². The summed E-state index contributed by atoms with van der Waals surface area (Å²) < 4.78 is 1.65. The number of nitro benzene ring substituents is 2. The molecule has 1 aromatic heterocycles. The van der Waals surface area contributed by atoms with E-state index in [4.69, 9.17) is 10.2 Å². The summed E-state index contributed by atoms with van der Waals surface area (Å²) in [7, 11) is 0. The van der Waals surface area contributed by atoms with E-state index in [1.807, 2.05) is 27.9 Å². The van der Waals surface area contributed by atoms with Gasteiger partial charge >= 0.3 is 23.9 Å². The van der Waals surface area contributed by atoms with Crippen LogP contribution in [0.4, 0.5) is 21.9 Å². The van der Waals surface area contributed by atoms with Gasteiger partial charge in [-0.1, -0.05) is 5.21 Å². The molecule has 0 spiro atoms. The molecule has 0 aliphatic rings. The van der Waals surface area contributed by atoms with E-state index in [9.17, 15) is 49.3 Å². The number of carboxylic acid groups (broad SMARTS) is 3. The van der Waals surface area contributed by atoms with Crippen LogP contribution < -0.4 is 21.3 Å². The van der Waals surface area contributed by atoms with E-state index >= 15 is 0 Å². The Labute approximate surface area is 266 Å². The van der Waals surface area contributed by atoms with E-state index in [2.05, 4.69) is 26.3 Å². The number of aliphatic carboxylic acids is 3. The number of hydrogen-bond acceptors (Lipinski definition) is 12. The highest BCUT2D eigenvalue weighted by Gasteiger charge is 2.25. The van der Waals surface area contributed by atoms with Gasteiger partial charge in [0.05, 0.1) is 28.2 Å². The number of rotatable bonds is 19. The average Bonchev–Trinajstić information content (AvgIpc) is 3.30. The summed E-state index contributed by atoms with van der Waals surface area (Å²) >= 11 is 1.86. The van der Waals surface area contributed by atoms with Crippen LogP contribution in [0.25, 0.3) is 0 Å².